The summed E-state index contributed by atoms with van der Waals surface area (Å²) in [5.41, 5.74) is 1.32. The van der Waals surface area contributed by atoms with Gasteiger partial charge in [-0.25, -0.2) is 4.98 Å². The van der Waals surface area contributed by atoms with Crippen molar-refractivity contribution in [2.75, 3.05) is 18.0 Å². The number of anilines is 1. The standard InChI is InChI=1S/C17H29N3/c1-13(2)10-18-11-16-6-5-9-19-17(16)20(14(3)4)12-15-7-8-15/h5-6,9,13-15,18H,7-8,10-12H2,1-4H3. The monoisotopic (exact) mass is 275 g/mol. The number of pyridine rings is 1. The summed E-state index contributed by atoms with van der Waals surface area (Å²) < 4.78 is 0. The fraction of sp³-hybridized carbons (Fsp3) is 0.706. The van der Waals surface area contributed by atoms with E-state index in [1.54, 1.807) is 0 Å². The van der Waals surface area contributed by atoms with Crippen molar-refractivity contribution in [2.24, 2.45) is 11.8 Å². The lowest BCUT2D eigenvalue weighted by Crippen LogP contribution is -2.35. The number of rotatable bonds is 8. The third-order valence-electron chi connectivity index (χ3n) is 3.78. The number of hydrogen-bond donors (Lipinski definition) is 1. The van der Waals surface area contributed by atoms with Gasteiger partial charge in [-0.2, -0.15) is 0 Å². The summed E-state index contributed by atoms with van der Waals surface area (Å²) in [5.74, 6) is 2.74. The molecule has 1 fully saturated rings. The molecule has 0 atom stereocenters. The lowest BCUT2D eigenvalue weighted by molar-refractivity contribution is 0.549. The molecular weight excluding hydrogens is 246 g/mol. The second-order valence-electron chi connectivity index (χ2n) is 6.70. The highest BCUT2D eigenvalue weighted by molar-refractivity contribution is 5.47. The Labute approximate surface area is 123 Å². The van der Waals surface area contributed by atoms with E-state index in [-0.39, 0.29) is 0 Å². The zero-order valence-electron chi connectivity index (χ0n) is 13.4. The third kappa shape index (κ3) is 4.48. The molecule has 1 heterocycles. The molecule has 112 valence electrons. The molecule has 0 aromatic carbocycles. The Morgan fingerprint density at radius 3 is 2.65 bits per heavy atom. The van der Waals surface area contributed by atoms with Gasteiger partial charge in [0.2, 0.25) is 0 Å². The quantitative estimate of drug-likeness (QED) is 0.787. The van der Waals surface area contributed by atoms with E-state index < -0.39 is 0 Å². The molecule has 0 amide bonds. The number of nitrogens with one attached hydrogen (secondary N) is 1. The predicted molar refractivity (Wildman–Crippen MR) is 86.0 cm³/mol. The molecule has 3 nitrogen and oxygen atoms in total. The zero-order chi connectivity index (χ0) is 14.5. The molecule has 1 aromatic heterocycles. The number of aromatic nitrogens is 1. The first-order valence-corrected chi connectivity index (χ1v) is 7.99. The molecule has 2 rings (SSSR count). The fourth-order valence-corrected chi connectivity index (χ4v) is 2.44. The minimum absolute atomic E-state index is 0.509. The van der Waals surface area contributed by atoms with E-state index in [0.29, 0.717) is 12.0 Å². The summed E-state index contributed by atoms with van der Waals surface area (Å²) in [5, 5.41) is 3.54. The van der Waals surface area contributed by atoms with Crippen LogP contribution < -0.4 is 10.2 Å². The molecular formula is C17H29N3. The fourth-order valence-electron chi connectivity index (χ4n) is 2.44. The Balaban J connectivity index is 2.07. The van der Waals surface area contributed by atoms with Crippen LogP contribution in [0.2, 0.25) is 0 Å². The first-order valence-electron chi connectivity index (χ1n) is 7.99. The van der Waals surface area contributed by atoms with Gasteiger partial charge >= 0.3 is 0 Å². The normalized spacial score (nSPS) is 15.1. The maximum absolute atomic E-state index is 4.66. The largest absolute Gasteiger partial charge is 0.354 e. The van der Waals surface area contributed by atoms with Crippen LogP contribution in [0.15, 0.2) is 18.3 Å². The Hall–Kier alpha value is -1.09. The average molecular weight is 275 g/mol. The van der Waals surface area contributed by atoms with Crippen LogP contribution in [-0.4, -0.2) is 24.1 Å². The Bertz CT molecular complexity index is 410. The van der Waals surface area contributed by atoms with Crippen molar-refractivity contribution in [2.45, 2.75) is 53.1 Å². The van der Waals surface area contributed by atoms with Crippen LogP contribution >= 0.6 is 0 Å². The molecule has 1 N–H and O–H groups in total. The van der Waals surface area contributed by atoms with E-state index in [2.05, 4.69) is 49.0 Å². The second-order valence-corrected chi connectivity index (χ2v) is 6.70. The second kappa shape index (κ2) is 7.07. The highest BCUT2D eigenvalue weighted by Gasteiger charge is 2.27. The minimum Gasteiger partial charge on any atom is -0.354 e. The van der Waals surface area contributed by atoms with Gasteiger partial charge < -0.3 is 10.2 Å². The van der Waals surface area contributed by atoms with Crippen molar-refractivity contribution < 1.29 is 0 Å². The highest BCUT2D eigenvalue weighted by Crippen LogP contribution is 2.32. The van der Waals surface area contributed by atoms with Gasteiger partial charge in [-0.3, -0.25) is 0 Å². The molecule has 1 aromatic rings. The average Bonchev–Trinajstić information content (AvgIpc) is 3.20. The molecule has 0 spiro atoms. The van der Waals surface area contributed by atoms with E-state index in [1.165, 1.54) is 24.2 Å². The molecule has 1 aliphatic rings. The lowest BCUT2D eigenvalue weighted by atomic mass is 10.1. The Morgan fingerprint density at radius 2 is 2.05 bits per heavy atom. The van der Waals surface area contributed by atoms with Crippen LogP contribution in [0, 0.1) is 11.8 Å². The van der Waals surface area contributed by atoms with Crippen LogP contribution in [-0.2, 0) is 6.54 Å². The summed E-state index contributed by atoms with van der Waals surface area (Å²) in [6.07, 6.45) is 4.69. The van der Waals surface area contributed by atoms with Crippen molar-refractivity contribution in [3.63, 3.8) is 0 Å². The van der Waals surface area contributed by atoms with Crippen molar-refractivity contribution in [3.05, 3.63) is 23.9 Å². The topological polar surface area (TPSA) is 28.2 Å². The maximum atomic E-state index is 4.66. The molecule has 0 unspecified atom stereocenters. The minimum atomic E-state index is 0.509. The van der Waals surface area contributed by atoms with Gasteiger partial charge in [0.05, 0.1) is 0 Å². The van der Waals surface area contributed by atoms with Gasteiger partial charge in [-0.05, 0) is 51.1 Å². The van der Waals surface area contributed by atoms with Crippen LogP contribution in [0.25, 0.3) is 0 Å². The molecule has 20 heavy (non-hydrogen) atoms. The highest BCUT2D eigenvalue weighted by atomic mass is 15.2. The Morgan fingerprint density at radius 1 is 1.30 bits per heavy atom. The van der Waals surface area contributed by atoms with Gasteiger partial charge in [0, 0.05) is 30.9 Å². The Kier molecular flexibility index (Phi) is 5.41. The van der Waals surface area contributed by atoms with Crippen LogP contribution in [0.5, 0.6) is 0 Å². The van der Waals surface area contributed by atoms with E-state index in [9.17, 15) is 0 Å². The predicted octanol–water partition coefficient (Wildman–Crippen LogP) is 3.45. The van der Waals surface area contributed by atoms with Gasteiger partial charge in [-0.1, -0.05) is 19.9 Å². The third-order valence-corrected chi connectivity index (χ3v) is 3.78. The van der Waals surface area contributed by atoms with E-state index in [0.717, 1.165) is 25.6 Å². The molecule has 0 radical (unpaired) electrons. The van der Waals surface area contributed by atoms with Crippen LogP contribution in [0.4, 0.5) is 5.82 Å². The first-order chi connectivity index (χ1) is 9.58. The molecule has 1 saturated carbocycles. The van der Waals surface area contributed by atoms with Gasteiger partial charge in [0.25, 0.3) is 0 Å². The molecule has 0 bridgehead atoms. The number of hydrogen-bond acceptors (Lipinski definition) is 3. The van der Waals surface area contributed by atoms with Crippen molar-refractivity contribution in [1.29, 1.82) is 0 Å². The lowest BCUT2D eigenvalue weighted by Gasteiger charge is -2.30. The smallest absolute Gasteiger partial charge is 0.133 e. The summed E-state index contributed by atoms with van der Waals surface area (Å²) >= 11 is 0. The summed E-state index contributed by atoms with van der Waals surface area (Å²) in [4.78, 5) is 7.14. The summed E-state index contributed by atoms with van der Waals surface area (Å²) in [6, 6.07) is 4.76. The molecule has 1 aliphatic carbocycles. The SMILES string of the molecule is CC(C)CNCc1cccnc1N(CC1CC1)C(C)C. The van der Waals surface area contributed by atoms with Crippen LogP contribution in [0.3, 0.4) is 0 Å². The van der Waals surface area contributed by atoms with Crippen molar-refractivity contribution >= 4 is 5.82 Å². The van der Waals surface area contributed by atoms with Gasteiger partial charge in [-0.15, -0.1) is 0 Å². The molecule has 0 aliphatic heterocycles. The van der Waals surface area contributed by atoms with Gasteiger partial charge in [0.15, 0.2) is 0 Å². The van der Waals surface area contributed by atoms with E-state index in [1.807, 2.05) is 12.3 Å². The van der Waals surface area contributed by atoms with Crippen molar-refractivity contribution in [3.8, 4) is 0 Å². The molecule has 3 heteroatoms. The zero-order valence-corrected chi connectivity index (χ0v) is 13.4. The van der Waals surface area contributed by atoms with Crippen LogP contribution in [0.1, 0.15) is 46.1 Å². The summed E-state index contributed by atoms with van der Waals surface area (Å²) in [6.45, 7) is 12.1. The first kappa shape index (κ1) is 15.3. The van der Waals surface area contributed by atoms with Gasteiger partial charge in [0.1, 0.15) is 5.82 Å². The molecule has 0 saturated heterocycles. The summed E-state index contributed by atoms with van der Waals surface area (Å²) in [7, 11) is 0. The van der Waals surface area contributed by atoms with E-state index >= 15 is 0 Å². The maximum Gasteiger partial charge on any atom is 0.133 e. The van der Waals surface area contributed by atoms with Crippen molar-refractivity contribution in [1.82, 2.24) is 10.3 Å². The number of nitrogens with zero attached hydrogens (tertiary/aromatic N) is 2. The van der Waals surface area contributed by atoms with E-state index in [4.69, 9.17) is 0 Å².